The van der Waals surface area contributed by atoms with Crippen molar-refractivity contribution < 1.29 is 9.53 Å². The Morgan fingerprint density at radius 1 is 1.59 bits per heavy atom. The number of nitrogens with one attached hydrogen (secondary N) is 1. The van der Waals surface area contributed by atoms with Crippen molar-refractivity contribution in [2.75, 3.05) is 20.3 Å². The quantitative estimate of drug-likeness (QED) is 0.780. The van der Waals surface area contributed by atoms with E-state index in [0.717, 1.165) is 10.0 Å². The number of methoxy groups -OCH3 is 1. The van der Waals surface area contributed by atoms with Crippen LogP contribution in [0.5, 0.6) is 0 Å². The van der Waals surface area contributed by atoms with Crippen molar-refractivity contribution in [1.29, 1.82) is 0 Å². The Hall–Kier alpha value is -0.910. The summed E-state index contributed by atoms with van der Waals surface area (Å²) in [7, 11) is 1.61. The summed E-state index contributed by atoms with van der Waals surface area (Å²) in [5.74, 6) is -0.410. The number of nitrogens with two attached hydrogens (primary N) is 1. The Bertz CT molecular complexity index is 398. The highest BCUT2D eigenvalue weighted by Crippen LogP contribution is 2.23. The van der Waals surface area contributed by atoms with Crippen LogP contribution in [0, 0.1) is 0 Å². The highest BCUT2D eigenvalue weighted by atomic mass is 79.9. The molecule has 0 saturated heterocycles. The monoisotopic (exact) mass is 300 g/mol. The van der Waals surface area contributed by atoms with Gasteiger partial charge in [0.05, 0.1) is 6.61 Å². The van der Waals surface area contributed by atoms with Gasteiger partial charge in [0.15, 0.2) is 0 Å². The Balaban J connectivity index is 2.95. The number of carbonyl (C=O) groups excluding carboxylic acids is 1. The molecule has 1 aromatic carbocycles. The third-order valence-corrected chi connectivity index (χ3v) is 3.17. The highest BCUT2D eigenvalue weighted by Gasteiger charge is 2.32. The summed E-state index contributed by atoms with van der Waals surface area (Å²) >= 11 is 3.38. The first-order valence-corrected chi connectivity index (χ1v) is 6.10. The zero-order chi connectivity index (χ0) is 12.9. The molecule has 17 heavy (non-hydrogen) atoms. The van der Waals surface area contributed by atoms with Gasteiger partial charge in [-0.05, 0) is 24.6 Å². The third-order valence-electron chi connectivity index (χ3n) is 2.68. The molecule has 94 valence electrons. The van der Waals surface area contributed by atoms with E-state index in [1.54, 1.807) is 14.0 Å². The van der Waals surface area contributed by atoms with Gasteiger partial charge in [0.1, 0.15) is 5.54 Å². The van der Waals surface area contributed by atoms with Crippen molar-refractivity contribution in [3.8, 4) is 0 Å². The maximum absolute atomic E-state index is 11.6. The minimum absolute atomic E-state index is 0.410. The molecule has 0 aliphatic rings. The second kappa shape index (κ2) is 6.14. The lowest BCUT2D eigenvalue weighted by molar-refractivity contribution is -0.124. The molecular weight excluding hydrogens is 284 g/mol. The number of halogens is 1. The van der Waals surface area contributed by atoms with Crippen LogP contribution in [0.3, 0.4) is 0 Å². The van der Waals surface area contributed by atoms with Crippen molar-refractivity contribution in [3.63, 3.8) is 0 Å². The van der Waals surface area contributed by atoms with E-state index in [1.165, 1.54) is 0 Å². The predicted molar refractivity (Wildman–Crippen MR) is 70.6 cm³/mol. The second-order valence-electron chi connectivity index (χ2n) is 3.92. The molecule has 1 unspecified atom stereocenters. The van der Waals surface area contributed by atoms with E-state index < -0.39 is 11.4 Å². The van der Waals surface area contributed by atoms with E-state index in [-0.39, 0.29) is 0 Å². The minimum Gasteiger partial charge on any atom is -0.383 e. The first-order chi connectivity index (χ1) is 8.00. The van der Waals surface area contributed by atoms with E-state index in [4.69, 9.17) is 10.5 Å². The van der Waals surface area contributed by atoms with Gasteiger partial charge in [-0.3, -0.25) is 10.1 Å². The first kappa shape index (κ1) is 14.2. The van der Waals surface area contributed by atoms with Crippen LogP contribution in [-0.4, -0.2) is 26.2 Å². The average molecular weight is 301 g/mol. The van der Waals surface area contributed by atoms with E-state index in [2.05, 4.69) is 21.2 Å². The summed E-state index contributed by atoms with van der Waals surface area (Å²) in [5.41, 5.74) is 5.42. The van der Waals surface area contributed by atoms with Gasteiger partial charge in [0.25, 0.3) is 0 Å². The van der Waals surface area contributed by atoms with Crippen molar-refractivity contribution in [2.45, 2.75) is 12.5 Å². The Kier molecular flexibility index (Phi) is 5.11. The molecule has 0 radical (unpaired) electrons. The van der Waals surface area contributed by atoms with Gasteiger partial charge < -0.3 is 10.5 Å². The Morgan fingerprint density at radius 3 is 2.82 bits per heavy atom. The van der Waals surface area contributed by atoms with Gasteiger partial charge >= 0.3 is 0 Å². The van der Waals surface area contributed by atoms with Crippen LogP contribution in [0.2, 0.25) is 0 Å². The molecule has 1 rings (SSSR count). The van der Waals surface area contributed by atoms with Gasteiger partial charge in [0.2, 0.25) is 5.91 Å². The lowest BCUT2D eigenvalue weighted by atomic mass is 9.91. The molecule has 4 nitrogen and oxygen atoms in total. The lowest BCUT2D eigenvalue weighted by Gasteiger charge is -2.28. The van der Waals surface area contributed by atoms with E-state index in [0.29, 0.717) is 13.2 Å². The van der Waals surface area contributed by atoms with Crippen LogP contribution in [0.1, 0.15) is 12.5 Å². The van der Waals surface area contributed by atoms with Crippen molar-refractivity contribution >= 4 is 21.8 Å². The lowest BCUT2D eigenvalue weighted by Crippen LogP contribution is -2.51. The molecule has 1 atom stereocenters. The summed E-state index contributed by atoms with van der Waals surface area (Å²) in [6.45, 7) is 2.85. The molecule has 0 saturated carbocycles. The van der Waals surface area contributed by atoms with E-state index >= 15 is 0 Å². The number of carbonyl (C=O) groups is 1. The van der Waals surface area contributed by atoms with Gasteiger partial charge in [-0.15, -0.1) is 0 Å². The zero-order valence-electron chi connectivity index (χ0n) is 10.00. The SMILES string of the molecule is COCCNC(C)(C(N)=O)c1cccc(Br)c1. The number of hydrogen-bond donors (Lipinski definition) is 2. The largest absolute Gasteiger partial charge is 0.383 e. The van der Waals surface area contributed by atoms with Crippen molar-refractivity contribution in [3.05, 3.63) is 34.3 Å². The minimum atomic E-state index is -0.887. The number of benzene rings is 1. The maximum atomic E-state index is 11.6. The summed E-state index contributed by atoms with van der Waals surface area (Å²) in [6.07, 6.45) is 0. The fraction of sp³-hybridized carbons (Fsp3) is 0.417. The van der Waals surface area contributed by atoms with Crippen LogP contribution in [0.15, 0.2) is 28.7 Å². The summed E-state index contributed by atoms with van der Waals surface area (Å²) in [6, 6.07) is 7.53. The number of amides is 1. The van der Waals surface area contributed by atoms with Crippen LogP contribution < -0.4 is 11.1 Å². The number of rotatable bonds is 6. The Morgan fingerprint density at radius 2 is 2.29 bits per heavy atom. The topological polar surface area (TPSA) is 64.3 Å². The zero-order valence-corrected chi connectivity index (χ0v) is 11.6. The van der Waals surface area contributed by atoms with Gasteiger partial charge in [-0.1, -0.05) is 28.1 Å². The number of hydrogen-bond acceptors (Lipinski definition) is 3. The summed E-state index contributed by atoms with van der Waals surface area (Å²) in [4.78, 5) is 11.6. The van der Waals surface area contributed by atoms with Crippen LogP contribution in [-0.2, 0) is 15.1 Å². The van der Waals surface area contributed by atoms with Crippen LogP contribution in [0.4, 0.5) is 0 Å². The molecule has 1 aromatic rings. The first-order valence-electron chi connectivity index (χ1n) is 5.30. The van der Waals surface area contributed by atoms with E-state index in [1.807, 2.05) is 24.3 Å². The fourth-order valence-corrected chi connectivity index (χ4v) is 1.93. The number of primary amides is 1. The normalized spacial score (nSPS) is 14.3. The Labute approximate surface area is 110 Å². The molecule has 0 heterocycles. The summed E-state index contributed by atoms with van der Waals surface area (Å²) in [5, 5.41) is 3.12. The van der Waals surface area contributed by atoms with Gasteiger partial charge in [0, 0.05) is 18.1 Å². The second-order valence-corrected chi connectivity index (χ2v) is 4.83. The molecule has 0 aliphatic heterocycles. The van der Waals surface area contributed by atoms with Crippen LogP contribution >= 0.6 is 15.9 Å². The molecule has 0 bridgehead atoms. The predicted octanol–water partition coefficient (Wildman–Crippen LogP) is 1.39. The molecule has 0 aromatic heterocycles. The van der Waals surface area contributed by atoms with Gasteiger partial charge in [-0.2, -0.15) is 0 Å². The molecule has 0 aliphatic carbocycles. The molecule has 1 amide bonds. The summed E-state index contributed by atoms with van der Waals surface area (Å²) < 4.78 is 5.87. The molecule has 3 N–H and O–H groups in total. The average Bonchev–Trinajstić information content (AvgIpc) is 2.29. The molecular formula is C12H17BrN2O2. The van der Waals surface area contributed by atoms with E-state index in [9.17, 15) is 4.79 Å². The maximum Gasteiger partial charge on any atom is 0.242 e. The smallest absolute Gasteiger partial charge is 0.242 e. The fourth-order valence-electron chi connectivity index (χ4n) is 1.53. The number of ether oxygens (including phenoxy) is 1. The van der Waals surface area contributed by atoms with Crippen LogP contribution in [0.25, 0.3) is 0 Å². The molecule has 5 heteroatoms. The highest BCUT2D eigenvalue weighted by molar-refractivity contribution is 9.10. The molecule has 0 spiro atoms. The van der Waals surface area contributed by atoms with Crippen molar-refractivity contribution in [1.82, 2.24) is 5.32 Å². The molecule has 0 fully saturated rings. The third kappa shape index (κ3) is 3.52. The standard InChI is InChI=1S/C12H17BrN2O2/c1-12(11(14)16,15-6-7-17-2)9-4-3-5-10(13)8-9/h3-5,8,15H,6-7H2,1-2H3,(H2,14,16). The van der Waals surface area contributed by atoms with Gasteiger partial charge in [-0.25, -0.2) is 0 Å². The van der Waals surface area contributed by atoms with Crippen molar-refractivity contribution in [2.24, 2.45) is 5.73 Å².